The first-order chi connectivity index (χ1) is 8.34. The highest BCUT2D eigenvalue weighted by Gasteiger charge is 2.20. The van der Waals surface area contributed by atoms with Crippen LogP contribution in [0.2, 0.25) is 0 Å². The number of aryl methyl sites for hydroxylation is 1. The Hall–Kier alpha value is -1.88. The molecule has 0 spiro atoms. The highest BCUT2D eigenvalue weighted by Crippen LogP contribution is 2.20. The predicted molar refractivity (Wildman–Crippen MR) is 69.6 cm³/mol. The van der Waals surface area contributed by atoms with Gasteiger partial charge in [0, 0.05) is 0 Å². The predicted octanol–water partition coefficient (Wildman–Crippen LogP) is 1.62. The molecule has 1 aromatic rings. The minimum atomic E-state index is -1.07. The summed E-state index contributed by atoms with van der Waals surface area (Å²) in [7, 11) is 0. The van der Waals surface area contributed by atoms with Crippen LogP contribution in [0.4, 0.5) is 5.69 Å². The molecule has 0 fully saturated rings. The number of carbonyl (C=O) groups excluding carboxylic acids is 1. The highest BCUT2D eigenvalue weighted by molar-refractivity contribution is 6.03. The van der Waals surface area contributed by atoms with Crippen molar-refractivity contribution >= 4 is 17.6 Å². The molecule has 18 heavy (non-hydrogen) atoms. The van der Waals surface area contributed by atoms with Gasteiger partial charge in [-0.2, -0.15) is 0 Å². The molecule has 4 N–H and O–H groups in total. The Morgan fingerprint density at radius 1 is 1.33 bits per heavy atom. The number of aromatic carboxylic acids is 1. The van der Waals surface area contributed by atoms with Crippen LogP contribution in [-0.2, 0) is 4.79 Å². The number of rotatable bonds is 4. The lowest BCUT2D eigenvalue weighted by molar-refractivity contribution is -0.118. The number of benzene rings is 1. The molecule has 0 aromatic heterocycles. The van der Waals surface area contributed by atoms with Crippen molar-refractivity contribution in [3.63, 3.8) is 0 Å². The summed E-state index contributed by atoms with van der Waals surface area (Å²) in [5.41, 5.74) is 6.69. The summed E-state index contributed by atoms with van der Waals surface area (Å²) in [6.07, 6.45) is 0. The Labute approximate surface area is 106 Å². The van der Waals surface area contributed by atoms with E-state index in [2.05, 4.69) is 5.32 Å². The second-order valence-corrected chi connectivity index (χ2v) is 4.56. The lowest BCUT2D eigenvalue weighted by atomic mass is 10.0. The monoisotopic (exact) mass is 250 g/mol. The van der Waals surface area contributed by atoms with E-state index in [-0.39, 0.29) is 23.1 Å². The van der Waals surface area contributed by atoms with E-state index >= 15 is 0 Å². The minimum absolute atomic E-state index is 0.0110. The Morgan fingerprint density at radius 2 is 1.94 bits per heavy atom. The smallest absolute Gasteiger partial charge is 0.338 e. The van der Waals surface area contributed by atoms with Crippen LogP contribution in [0, 0.1) is 12.8 Å². The molecule has 1 atom stereocenters. The normalized spacial score (nSPS) is 12.3. The number of nitrogens with one attached hydrogen (secondary N) is 1. The van der Waals surface area contributed by atoms with Crippen molar-refractivity contribution in [1.29, 1.82) is 0 Å². The molecular weight excluding hydrogens is 232 g/mol. The number of carboxylic acids is 1. The van der Waals surface area contributed by atoms with Crippen LogP contribution < -0.4 is 11.1 Å². The van der Waals surface area contributed by atoms with Gasteiger partial charge in [0.1, 0.15) is 0 Å². The molecule has 0 saturated heterocycles. The highest BCUT2D eigenvalue weighted by atomic mass is 16.4. The zero-order chi connectivity index (χ0) is 13.9. The number of hydrogen-bond acceptors (Lipinski definition) is 3. The maximum absolute atomic E-state index is 11.8. The van der Waals surface area contributed by atoms with Gasteiger partial charge in [-0.25, -0.2) is 4.79 Å². The molecule has 1 amide bonds. The van der Waals surface area contributed by atoms with Gasteiger partial charge in [0.25, 0.3) is 0 Å². The molecule has 0 aliphatic carbocycles. The molecule has 5 nitrogen and oxygen atoms in total. The van der Waals surface area contributed by atoms with Crippen molar-refractivity contribution in [2.24, 2.45) is 11.7 Å². The van der Waals surface area contributed by atoms with Gasteiger partial charge >= 0.3 is 5.97 Å². The quantitative estimate of drug-likeness (QED) is 0.757. The lowest BCUT2D eigenvalue weighted by Crippen LogP contribution is -2.40. The van der Waals surface area contributed by atoms with Crippen LogP contribution in [0.15, 0.2) is 18.2 Å². The summed E-state index contributed by atoms with van der Waals surface area (Å²) in [6.45, 7) is 5.35. The van der Waals surface area contributed by atoms with Crippen LogP contribution in [0.25, 0.3) is 0 Å². The molecule has 98 valence electrons. The average Bonchev–Trinajstić information content (AvgIpc) is 2.27. The molecule has 5 heteroatoms. The number of hydrogen-bond donors (Lipinski definition) is 3. The molecule has 0 heterocycles. The van der Waals surface area contributed by atoms with Crippen molar-refractivity contribution in [2.75, 3.05) is 5.32 Å². The molecule has 0 unspecified atom stereocenters. The van der Waals surface area contributed by atoms with Crippen LogP contribution in [0.1, 0.15) is 29.8 Å². The maximum Gasteiger partial charge on any atom is 0.338 e. The molecule has 0 aliphatic rings. The Morgan fingerprint density at radius 3 is 2.44 bits per heavy atom. The molecule has 1 rings (SSSR count). The van der Waals surface area contributed by atoms with E-state index in [1.165, 1.54) is 0 Å². The summed E-state index contributed by atoms with van der Waals surface area (Å²) >= 11 is 0. The van der Waals surface area contributed by atoms with Crippen molar-refractivity contribution in [1.82, 2.24) is 0 Å². The third kappa shape index (κ3) is 3.07. The third-order valence-corrected chi connectivity index (χ3v) is 2.77. The maximum atomic E-state index is 11.8. The SMILES string of the molecule is Cc1cccc(NC(=O)[C@H](N)C(C)C)c1C(=O)O. The molecule has 0 aliphatic heterocycles. The van der Waals surface area contributed by atoms with Crippen molar-refractivity contribution in [3.8, 4) is 0 Å². The van der Waals surface area contributed by atoms with Gasteiger partial charge in [-0.1, -0.05) is 26.0 Å². The zero-order valence-electron chi connectivity index (χ0n) is 10.7. The Bertz CT molecular complexity index is 469. The second kappa shape index (κ2) is 5.64. The molecule has 0 saturated carbocycles. The molecule has 1 aromatic carbocycles. The van der Waals surface area contributed by atoms with E-state index in [0.717, 1.165) is 0 Å². The van der Waals surface area contributed by atoms with E-state index in [0.29, 0.717) is 5.56 Å². The molecule has 0 radical (unpaired) electrons. The van der Waals surface area contributed by atoms with Gasteiger partial charge in [-0.3, -0.25) is 4.79 Å². The van der Waals surface area contributed by atoms with Gasteiger partial charge < -0.3 is 16.2 Å². The van der Waals surface area contributed by atoms with Crippen molar-refractivity contribution < 1.29 is 14.7 Å². The molecular formula is C13H18N2O3. The van der Waals surface area contributed by atoms with Crippen LogP contribution in [0.5, 0.6) is 0 Å². The number of carboxylic acid groups (broad SMARTS) is 1. The molecule has 0 bridgehead atoms. The van der Waals surface area contributed by atoms with Crippen molar-refractivity contribution in [2.45, 2.75) is 26.8 Å². The first-order valence-corrected chi connectivity index (χ1v) is 5.74. The second-order valence-electron chi connectivity index (χ2n) is 4.56. The summed E-state index contributed by atoms with van der Waals surface area (Å²) in [5.74, 6) is -1.46. The van der Waals surface area contributed by atoms with Gasteiger partial charge in [0.05, 0.1) is 17.3 Å². The van der Waals surface area contributed by atoms with E-state index in [1.807, 2.05) is 13.8 Å². The van der Waals surface area contributed by atoms with E-state index in [9.17, 15) is 9.59 Å². The van der Waals surface area contributed by atoms with Crippen molar-refractivity contribution in [3.05, 3.63) is 29.3 Å². The topological polar surface area (TPSA) is 92.4 Å². The van der Waals surface area contributed by atoms with E-state index in [4.69, 9.17) is 10.8 Å². The van der Waals surface area contributed by atoms with Crippen LogP contribution >= 0.6 is 0 Å². The summed E-state index contributed by atoms with van der Waals surface area (Å²) in [5, 5.41) is 11.7. The van der Waals surface area contributed by atoms with Gasteiger partial charge in [0.15, 0.2) is 0 Å². The van der Waals surface area contributed by atoms with Gasteiger partial charge in [-0.05, 0) is 24.5 Å². The number of anilines is 1. The van der Waals surface area contributed by atoms with Gasteiger partial charge in [-0.15, -0.1) is 0 Å². The first kappa shape index (κ1) is 14.2. The first-order valence-electron chi connectivity index (χ1n) is 5.74. The largest absolute Gasteiger partial charge is 0.478 e. The fourth-order valence-corrected chi connectivity index (χ4v) is 1.57. The Balaban J connectivity index is 3.02. The Kier molecular flexibility index (Phi) is 4.44. The summed E-state index contributed by atoms with van der Waals surface area (Å²) in [4.78, 5) is 23.0. The standard InChI is InChI=1S/C13H18N2O3/c1-7(2)11(14)12(16)15-9-6-4-5-8(3)10(9)13(17)18/h4-7,11H,14H2,1-3H3,(H,15,16)(H,17,18)/t11-/m1/s1. The lowest BCUT2D eigenvalue weighted by Gasteiger charge is -2.17. The number of amides is 1. The average molecular weight is 250 g/mol. The fraction of sp³-hybridized carbons (Fsp3) is 0.385. The number of carbonyl (C=O) groups is 2. The van der Waals surface area contributed by atoms with Crippen LogP contribution in [0.3, 0.4) is 0 Å². The van der Waals surface area contributed by atoms with Gasteiger partial charge in [0.2, 0.25) is 5.91 Å². The van der Waals surface area contributed by atoms with E-state index < -0.39 is 12.0 Å². The number of nitrogens with two attached hydrogens (primary N) is 1. The fourth-order valence-electron chi connectivity index (χ4n) is 1.57. The summed E-state index contributed by atoms with van der Waals surface area (Å²) < 4.78 is 0. The summed E-state index contributed by atoms with van der Waals surface area (Å²) in [6, 6.07) is 4.27. The third-order valence-electron chi connectivity index (χ3n) is 2.77. The van der Waals surface area contributed by atoms with Crippen LogP contribution in [-0.4, -0.2) is 23.0 Å². The zero-order valence-corrected chi connectivity index (χ0v) is 10.7. The van der Waals surface area contributed by atoms with E-state index in [1.54, 1.807) is 25.1 Å². The minimum Gasteiger partial charge on any atom is -0.478 e.